The number of halogens is 2. The zero-order valence-corrected chi connectivity index (χ0v) is 14.1. The Bertz CT molecular complexity index is 889. The average molecular weight is 375 g/mol. The number of fused-ring (bicyclic) bond motifs is 3. The van der Waals surface area contributed by atoms with Crippen LogP contribution in [0.25, 0.3) is 5.57 Å². The van der Waals surface area contributed by atoms with Crippen LogP contribution >= 0.6 is 23.2 Å². The van der Waals surface area contributed by atoms with Crippen LogP contribution < -0.4 is 4.18 Å². The molecule has 1 aromatic rings. The number of benzene rings is 1. The summed E-state index contributed by atoms with van der Waals surface area (Å²) < 4.78 is 35.2. The molecule has 0 heterocycles. The Balaban J connectivity index is 1.90. The molecule has 0 aromatic heterocycles. The Morgan fingerprint density at radius 2 is 2.04 bits per heavy atom. The summed E-state index contributed by atoms with van der Waals surface area (Å²) in [4.78, 5) is 12.3. The topological polar surface area (TPSA) is 80.7 Å². The molecule has 0 unspecified atom stereocenters. The summed E-state index contributed by atoms with van der Waals surface area (Å²) in [6.45, 7) is 0. The van der Waals surface area contributed by atoms with E-state index in [0.717, 1.165) is 36.0 Å². The Morgan fingerprint density at radius 1 is 1.30 bits per heavy atom. The van der Waals surface area contributed by atoms with Gasteiger partial charge in [-0.05, 0) is 48.4 Å². The SMILES string of the molecule is O=C1C(Cl)=C2c3ccc(OS(=O)(=O)O)c(Cl)c3C[C@@]23CC[C@@H]1C3. The summed E-state index contributed by atoms with van der Waals surface area (Å²) in [5, 5.41) is 0.411. The van der Waals surface area contributed by atoms with Gasteiger partial charge in [-0.3, -0.25) is 9.35 Å². The van der Waals surface area contributed by atoms with Gasteiger partial charge < -0.3 is 4.18 Å². The number of Topliss-reactive ketones (excluding diaryl/α,β-unsaturated/α-hetero) is 1. The number of hydrogen-bond donors (Lipinski definition) is 1. The van der Waals surface area contributed by atoms with Crippen molar-refractivity contribution in [2.75, 3.05) is 0 Å². The first-order valence-electron chi connectivity index (χ1n) is 7.15. The third-order valence-electron chi connectivity index (χ3n) is 5.13. The van der Waals surface area contributed by atoms with Gasteiger partial charge in [0, 0.05) is 11.3 Å². The highest BCUT2D eigenvalue weighted by molar-refractivity contribution is 7.81. The maximum atomic E-state index is 12.3. The van der Waals surface area contributed by atoms with Crippen LogP contribution in [0.4, 0.5) is 0 Å². The zero-order valence-electron chi connectivity index (χ0n) is 11.8. The summed E-state index contributed by atoms with van der Waals surface area (Å²) in [5.41, 5.74) is 2.12. The van der Waals surface area contributed by atoms with Gasteiger partial charge in [-0.1, -0.05) is 29.3 Å². The fourth-order valence-corrected chi connectivity index (χ4v) is 5.43. The van der Waals surface area contributed by atoms with E-state index in [1.807, 2.05) is 0 Å². The summed E-state index contributed by atoms with van der Waals surface area (Å²) >= 11 is 12.6. The van der Waals surface area contributed by atoms with Crippen LogP contribution in [0.15, 0.2) is 17.2 Å². The van der Waals surface area contributed by atoms with Gasteiger partial charge in [-0.25, -0.2) is 0 Å². The number of ketones is 1. The van der Waals surface area contributed by atoms with Crippen LogP contribution in [0.3, 0.4) is 0 Å². The Hall–Kier alpha value is -1.08. The second kappa shape index (κ2) is 4.72. The minimum atomic E-state index is -4.65. The summed E-state index contributed by atoms with van der Waals surface area (Å²) in [6, 6.07) is 3.02. The second-order valence-electron chi connectivity index (χ2n) is 6.36. The van der Waals surface area contributed by atoms with E-state index in [1.54, 1.807) is 6.07 Å². The first kappa shape index (κ1) is 15.4. The van der Waals surface area contributed by atoms with Crippen molar-refractivity contribution in [2.24, 2.45) is 11.3 Å². The molecule has 5 nitrogen and oxygen atoms in total. The van der Waals surface area contributed by atoms with E-state index in [0.29, 0.717) is 6.42 Å². The standard InChI is InChI=1S/C15H12Cl2O5S/c16-12-9-6-15-4-3-7(5-15)14(18)13(17)11(15)8(9)1-2-10(12)22-23(19,20)21/h1-2,7H,3-6H2,(H,19,20,21)/t7-,15+/m1/s1. The third kappa shape index (κ3) is 2.16. The van der Waals surface area contributed by atoms with Crippen LogP contribution in [0, 0.1) is 11.3 Å². The van der Waals surface area contributed by atoms with Crippen molar-refractivity contribution in [2.45, 2.75) is 25.7 Å². The largest absolute Gasteiger partial charge is 0.446 e. The number of rotatable bonds is 2. The van der Waals surface area contributed by atoms with Crippen molar-refractivity contribution in [3.8, 4) is 5.75 Å². The van der Waals surface area contributed by atoms with Crippen LogP contribution in [0.1, 0.15) is 30.4 Å². The first-order valence-corrected chi connectivity index (χ1v) is 9.27. The van der Waals surface area contributed by atoms with E-state index in [1.165, 1.54) is 6.07 Å². The first-order chi connectivity index (χ1) is 10.7. The molecular formula is C15H12Cl2O5S. The molecule has 1 saturated carbocycles. The maximum Gasteiger partial charge on any atom is 0.446 e. The third-order valence-corrected chi connectivity index (χ3v) is 6.31. The molecule has 122 valence electrons. The molecule has 4 rings (SSSR count). The van der Waals surface area contributed by atoms with E-state index >= 15 is 0 Å². The van der Waals surface area contributed by atoms with E-state index in [2.05, 4.69) is 4.18 Å². The van der Waals surface area contributed by atoms with Crippen LogP contribution in [-0.2, 0) is 21.6 Å². The molecule has 23 heavy (non-hydrogen) atoms. The quantitative estimate of drug-likeness (QED) is 0.802. The van der Waals surface area contributed by atoms with Crippen molar-refractivity contribution in [1.82, 2.24) is 0 Å². The fourth-order valence-electron chi connectivity index (χ4n) is 4.29. The highest BCUT2D eigenvalue weighted by Gasteiger charge is 2.54. The van der Waals surface area contributed by atoms with Gasteiger partial charge in [0.05, 0.1) is 10.1 Å². The van der Waals surface area contributed by atoms with E-state index in [9.17, 15) is 13.2 Å². The molecule has 0 aliphatic heterocycles. The van der Waals surface area contributed by atoms with Crippen LogP contribution in [-0.4, -0.2) is 18.8 Å². The van der Waals surface area contributed by atoms with Crippen molar-refractivity contribution >= 4 is 45.0 Å². The molecular weight excluding hydrogens is 363 g/mol. The predicted octanol–water partition coefficient (Wildman–Crippen LogP) is 3.40. The molecule has 0 amide bonds. The van der Waals surface area contributed by atoms with Crippen molar-refractivity contribution in [3.05, 3.63) is 33.3 Å². The van der Waals surface area contributed by atoms with Gasteiger partial charge in [-0.2, -0.15) is 8.42 Å². The second-order valence-corrected chi connectivity index (χ2v) is 8.14. The monoisotopic (exact) mass is 374 g/mol. The van der Waals surface area contributed by atoms with Crippen molar-refractivity contribution < 1.29 is 21.9 Å². The summed E-state index contributed by atoms with van der Waals surface area (Å²) in [5.74, 6) is -0.175. The van der Waals surface area contributed by atoms with Gasteiger partial charge in [0.1, 0.15) is 0 Å². The smallest absolute Gasteiger partial charge is 0.360 e. The van der Waals surface area contributed by atoms with E-state index in [-0.39, 0.29) is 32.9 Å². The summed E-state index contributed by atoms with van der Waals surface area (Å²) in [6.07, 6.45) is 3.00. The van der Waals surface area contributed by atoms with Crippen LogP contribution in [0.5, 0.6) is 5.75 Å². The highest BCUT2D eigenvalue weighted by Crippen LogP contribution is 2.63. The molecule has 1 aromatic carbocycles. The number of carbonyl (C=O) groups excluding carboxylic acids is 1. The van der Waals surface area contributed by atoms with E-state index < -0.39 is 10.4 Å². The lowest BCUT2D eigenvalue weighted by molar-refractivity contribution is -0.118. The molecule has 0 radical (unpaired) electrons. The molecule has 2 atom stereocenters. The minimum absolute atomic E-state index is 0.0166. The highest BCUT2D eigenvalue weighted by atomic mass is 35.5. The molecule has 0 saturated heterocycles. The molecule has 3 aliphatic rings. The molecule has 1 spiro atoms. The lowest BCUT2D eigenvalue weighted by Gasteiger charge is -2.30. The lowest BCUT2D eigenvalue weighted by atomic mass is 9.74. The normalized spacial score (nSPS) is 28.8. The fraction of sp³-hybridized carbons (Fsp3) is 0.400. The van der Waals surface area contributed by atoms with Crippen molar-refractivity contribution in [3.63, 3.8) is 0 Å². The van der Waals surface area contributed by atoms with Gasteiger partial charge in [0.15, 0.2) is 11.5 Å². The summed E-state index contributed by atoms with van der Waals surface area (Å²) in [7, 11) is -4.65. The molecule has 1 N–H and O–H groups in total. The van der Waals surface area contributed by atoms with Crippen LogP contribution in [0.2, 0.25) is 5.02 Å². The molecule has 3 aliphatic carbocycles. The van der Waals surface area contributed by atoms with Gasteiger partial charge in [0.25, 0.3) is 0 Å². The Kier molecular flexibility index (Phi) is 3.17. The van der Waals surface area contributed by atoms with Gasteiger partial charge in [0.2, 0.25) is 0 Å². The molecule has 1 fully saturated rings. The Labute approximate surface area is 143 Å². The lowest BCUT2D eigenvalue weighted by Crippen LogP contribution is -2.25. The number of allylic oxidation sites excluding steroid dienone is 2. The Morgan fingerprint density at radius 3 is 2.74 bits per heavy atom. The number of carbonyl (C=O) groups is 1. The van der Waals surface area contributed by atoms with E-state index in [4.69, 9.17) is 27.8 Å². The maximum absolute atomic E-state index is 12.3. The molecule has 2 bridgehead atoms. The van der Waals surface area contributed by atoms with Gasteiger partial charge >= 0.3 is 10.4 Å². The van der Waals surface area contributed by atoms with Crippen molar-refractivity contribution in [1.29, 1.82) is 0 Å². The minimum Gasteiger partial charge on any atom is -0.360 e. The predicted molar refractivity (Wildman–Crippen MR) is 84.9 cm³/mol. The molecule has 8 heteroatoms. The van der Waals surface area contributed by atoms with Gasteiger partial charge in [-0.15, -0.1) is 0 Å². The number of hydrogen-bond acceptors (Lipinski definition) is 4. The zero-order chi connectivity index (χ0) is 16.6. The average Bonchev–Trinajstić information content (AvgIpc) is 2.99.